The molecule has 1 aliphatic carbocycles. The summed E-state index contributed by atoms with van der Waals surface area (Å²) in [5.41, 5.74) is 6.38. The highest BCUT2D eigenvalue weighted by atomic mass is 16.5. The monoisotopic (exact) mass is 241 g/mol. The normalized spacial score (nSPS) is 30.5. The molecule has 0 bridgehead atoms. The van der Waals surface area contributed by atoms with E-state index in [0.717, 1.165) is 30.9 Å². The zero-order valence-corrected chi connectivity index (χ0v) is 12.2. The van der Waals surface area contributed by atoms with Crippen molar-refractivity contribution in [2.24, 2.45) is 28.9 Å². The Morgan fingerprint density at radius 3 is 2.41 bits per heavy atom. The molecule has 0 heterocycles. The molecule has 2 N–H and O–H groups in total. The Kier molecular flexibility index (Phi) is 5.94. The van der Waals surface area contributed by atoms with Gasteiger partial charge in [-0.3, -0.25) is 0 Å². The number of hydrogen-bond donors (Lipinski definition) is 1. The van der Waals surface area contributed by atoms with Gasteiger partial charge in [-0.1, -0.05) is 20.8 Å². The molecule has 0 aliphatic heterocycles. The van der Waals surface area contributed by atoms with Crippen LogP contribution in [0.25, 0.3) is 0 Å². The van der Waals surface area contributed by atoms with Gasteiger partial charge in [0.05, 0.1) is 0 Å². The van der Waals surface area contributed by atoms with Crippen LogP contribution in [0.1, 0.15) is 52.9 Å². The molecule has 2 nitrogen and oxygen atoms in total. The Bertz CT molecular complexity index is 209. The Balaban J connectivity index is 2.49. The summed E-state index contributed by atoms with van der Waals surface area (Å²) in [5, 5.41) is 0. The molecule has 3 atom stereocenters. The van der Waals surface area contributed by atoms with Gasteiger partial charge in [-0.25, -0.2) is 0 Å². The van der Waals surface area contributed by atoms with Crippen LogP contribution in [-0.2, 0) is 4.74 Å². The van der Waals surface area contributed by atoms with Crippen molar-refractivity contribution in [2.75, 3.05) is 20.3 Å². The maximum Gasteiger partial charge on any atom is 0.0462 e. The summed E-state index contributed by atoms with van der Waals surface area (Å²) >= 11 is 0. The third-order valence-corrected chi connectivity index (χ3v) is 4.59. The summed E-state index contributed by atoms with van der Waals surface area (Å²) in [4.78, 5) is 0. The van der Waals surface area contributed by atoms with E-state index in [2.05, 4.69) is 20.8 Å². The largest absolute Gasteiger partial charge is 0.385 e. The highest BCUT2D eigenvalue weighted by Gasteiger charge is 2.34. The predicted octanol–water partition coefficient (Wildman–Crippen LogP) is 3.45. The molecule has 0 spiro atoms. The maximum absolute atomic E-state index is 5.92. The van der Waals surface area contributed by atoms with E-state index < -0.39 is 0 Å². The van der Waals surface area contributed by atoms with Crippen LogP contribution < -0.4 is 5.73 Å². The van der Waals surface area contributed by atoms with Crippen LogP contribution in [0.5, 0.6) is 0 Å². The number of hydrogen-bond acceptors (Lipinski definition) is 2. The summed E-state index contributed by atoms with van der Waals surface area (Å²) in [6, 6.07) is 0. The van der Waals surface area contributed by atoms with E-state index in [1.54, 1.807) is 7.11 Å². The number of ether oxygens (including phenoxy) is 1. The van der Waals surface area contributed by atoms with E-state index in [0.29, 0.717) is 5.41 Å². The Hall–Kier alpha value is -0.0800. The predicted molar refractivity (Wildman–Crippen MR) is 73.9 cm³/mol. The Morgan fingerprint density at radius 1 is 1.18 bits per heavy atom. The molecule has 0 aromatic rings. The topological polar surface area (TPSA) is 35.2 Å². The SMILES string of the molecule is COCCCC1CC(C(C)(C)C)CCC1CN. The van der Waals surface area contributed by atoms with Crippen LogP contribution in [0.15, 0.2) is 0 Å². The van der Waals surface area contributed by atoms with E-state index in [1.165, 1.54) is 32.1 Å². The van der Waals surface area contributed by atoms with Gasteiger partial charge < -0.3 is 10.5 Å². The lowest BCUT2D eigenvalue weighted by atomic mass is 9.64. The van der Waals surface area contributed by atoms with Crippen LogP contribution in [-0.4, -0.2) is 20.3 Å². The molecule has 0 aromatic carbocycles. The van der Waals surface area contributed by atoms with Gasteiger partial charge >= 0.3 is 0 Å². The average molecular weight is 241 g/mol. The standard InChI is InChI=1S/C15H31NO/c1-15(2,3)14-8-7-13(11-16)12(10-14)6-5-9-17-4/h12-14H,5-11,16H2,1-4H3. The van der Waals surface area contributed by atoms with E-state index in [9.17, 15) is 0 Å². The van der Waals surface area contributed by atoms with Crippen molar-refractivity contribution in [1.29, 1.82) is 0 Å². The lowest BCUT2D eigenvalue weighted by Crippen LogP contribution is -2.35. The summed E-state index contributed by atoms with van der Waals surface area (Å²) in [6.45, 7) is 8.91. The van der Waals surface area contributed by atoms with E-state index in [-0.39, 0.29) is 0 Å². The second kappa shape index (κ2) is 6.75. The molecule has 1 rings (SSSR count). The molecule has 102 valence electrons. The second-order valence-electron chi connectivity index (χ2n) is 6.77. The second-order valence-corrected chi connectivity index (χ2v) is 6.77. The molecule has 0 amide bonds. The zero-order chi connectivity index (χ0) is 12.9. The molecule has 1 aliphatic rings. The van der Waals surface area contributed by atoms with Crippen molar-refractivity contribution in [2.45, 2.75) is 52.9 Å². The van der Waals surface area contributed by atoms with Gasteiger partial charge in [0.15, 0.2) is 0 Å². The molecular formula is C15H31NO. The summed E-state index contributed by atoms with van der Waals surface area (Å²) < 4.78 is 5.16. The first kappa shape index (κ1) is 15.0. The molecule has 0 aromatic heterocycles. The highest BCUT2D eigenvalue weighted by Crippen LogP contribution is 2.43. The van der Waals surface area contributed by atoms with Crippen molar-refractivity contribution in [1.82, 2.24) is 0 Å². The summed E-state index contributed by atoms with van der Waals surface area (Å²) in [6.07, 6.45) is 6.55. The third kappa shape index (κ3) is 4.59. The van der Waals surface area contributed by atoms with Gasteiger partial charge in [0.1, 0.15) is 0 Å². The van der Waals surface area contributed by atoms with Crippen molar-refractivity contribution < 1.29 is 4.74 Å². The van der Waals surface area contributed by atoms with Gasteiger partial charge in [0, 0.05) is 13.7 Å². The molecular weight excluding hydrogens is 210 g/mol. The number of rotatable bonds is 5. The Labute approximate surface area is 107 Å². The minimum Gasteiger partial charge on any atom is -0.385 e. The summed E-state index contributed by atoms with van der Waals surface area (Å²) in [7, 11) is 1.79. The van der Waals surface area contributed by atoms with Crippen molar-refractivity contribution in [3.05, 3.63) is 0 Å². The fraction of sp³-hybridized carbons (Fsp3) is 1.00. The first-order chi connectivity index (χ1) is 7.99. The highest BCUT2D eigenvalue weighted by molar-refractivity contribution is 4.85. The van der Waals surface area contributed by atoms with Crippen molar-refractivity contribution >= 4 is 0 Å². The smallest absolute Gasteiger partial charge is 0.0462 e. The first-order valence-electron chi connectivity index (χ1n) is 7.18. The third-order valence-electron chi connectivity index (χ3n) is 4.59. The minimum atomic E-state index is 0.457. The molecule has 1 fully saturated rings. The van der Waals surface area contributed by atoms with Crippen molar-refractivity contribution in [3.8, 4) is 0 Å². The molecule has 17 heavy (non-hydrogen) atoms. The lowest BCUT2D eigenvalue weighted by Gasteiger charge is -2.41. The van der Waals surface area contributed by atoms with Crippen LogP contribution in [0.4, 0.5) is 0 Å². The molecule has 1 saturated carbocycles. The van der Waals surface area contributed by atoms with Crippen LogP contribution in [0, 0.1) is 23.2 Å². The van der Waals surface area contributed by atoms with Gasteiger partial charge in [0.25, 0.3) is 0 Å². The first-order valence-corrected chi connectivity index (χ1v) is 7.18. The quantitative estimate of drug-likeness (QED) is 0.748. The average Bonchev–Trinajstić information content (AvgIpc) is 2.28. The van der Waals surface area contributed by atoms with E-state index in [4.69, 9.17) is 10.5 Å². The molecule has 0 saturated heterocycles. The van der Waals surface area contributed by atoms with Gasteiger partial charge in [-0.2, -0.15) is 0 Å². The maximum atomic E-state index is 5.92. The number of nitrogens with two attached hydrogens (primary N) is 1. The van der Waals surface area contributed by atoms with Gasteiger partial charge in [-0.05, 0) is 61.8 Å². The fourth-order valence-electron chi connectivity index (χ4n) is 3.27. The van der Waals surface area contributed by atoms with Crippen LogP contribution in [0.2, 0.25) is 0 Å². The van der Waals surface area contributed by atoms with Gasteiger partial charge in [-0.15, -0.1) is 0 Å². The van der Waals surface area contributed by atoms with Crippen molar-refractivity contribution in [3.63, 3.8) is 0 Å². The van der Waals surface area contributed by atoms with Gasteiger partial charge in [0.2, 0.25) is 0 Å². The molecule has 2 heteroatoms. The van der Waals surface area contributed by atoms with E-state index in [1.807, 2.05) is 0 Å². The summed E-state index contributed by atoms with van der Waals surface area (Å²) in [5.74, 6) is 2.46. The minimum absolute atomic E-state index is 0.457. The zero-order valence-electron chi connectivity index (χ0n) is 12.2. The Morgan fingerprint density at radius 2 is 1.88 bits per heavy atom. The van der Waals surface area contributed by atoms with Crippen LogP contribution >= 0.6 is 0 Å². The lowest BCUT2D eigenvalue weighted by molar-refractivity contribution is 0.0886. The van der Waals surface area contributed by atoms with E-state index >= 15 is 0 Å². The molecule has 0 radical (unpaired) electrons. The van der Waals surface area contributed by atoms with Crippen LogP contribution in [0.3, 0.4) is 0 Å². The molecule has 3 unspecified atom stereocenters. The number of methoxy groups -OCH3 is 1. The fourth-order valence-corrected chi connectivity index (χ4v) is 3.27.